The summed E-state index contributed by atoms with van der Waals surface area (Å²) >= 11 is 2.06. The maximum absolute atomic E-state index is 3.95. The molecule has 0 radical (unpaired) electrons. The highest BCUT2D eigenvalue weighted by Gasteiger charge is 2.31. The molecule has 4 heteroatoms. The molecule has 1 aliphatic heterocycles. The maximum Gasteiger partial charge on any atom is 0.0532 e. The zero-order valence-corrected chi connectivity index (χ0v) is 10.2. The van der Waals surface area contributed by atoms with Crippen molar-refractivity contribution in [2.24, 2.45) is 5.41 Å². The fourth-order valence-corrected chi connectivity index (χ4v) is 3.53. The largest absolute Gasteiger partial charge is 0.308 e. The van der Waals surface area contributed by atoms with Gasteiger partial charge in [-0.05, 0) is 17.6 Å². The Balaban J connectivity index is 1.88. The molecule has 2 rings (SSSR count). The summed E-state index contributed by atoms with van der Waals surface area (Å²) < 4.78 is 0. The van der Waals surface area contributed by atoms with Crippen LogP contribution in [0.3, 0.4) is 0 Å². The molecule has 15 heavy (non-hydrogen) atoms. The summed E-state index contributed by atoms with van der Waals surface area (Å²) in [5.41, 5.74) is 1.66. The van der Waals surface area contributed by atoms with Crippen molar-refractivity contribution in [2.75, 3.05) is 11.5 Å². The van der Waals surface area contributed by atoms with Crippen LogP contribution < -0.4 is 5.32 Å². The van der Waals surface area contributed by atoms with Crippen LogP contribution in [0.15, 0.2) is 12.4 Å². The molecule has 0 bridgehead atoms. The molecular weight excluding hydrogens is 206 g/mol. The number of hydrogen-bond acceptors (Lipinski definition) is 3. The lowest BCUT2D eigenvalue weighted by Gasteiger charge is -2.38. The number of aromatic amines is 1. The number of thioether (sulfide) groups is 1. The van der Waals surface area contributed by atoms with E-state index in [4.69, 9.17) is 0 Å². The molecule has 2 N–H and O–H groups in total. The zero-order valence-electron chi connectivity index (χ0n) is 9.42. The molecule has 1 aromatic heterocycles. The molecule has 1 aromatic rings. The molecule has 0 spiro atoms. The van der Waals surface area contributed by atoms with Gasteiger partial charge < -0.3 is 5.32 Å². The van der Waals surface area contributed by atoms with Crippen molar-refractivity contribution in [2.45, 2.75) is 32.9 Å². The molecule has 1 aliphatic rings. The quantitative estimate of drug-likeness (QED) is 0.827. The van der Waals surface area contributed by atoms with Crippen molar-refractivity contribution in [1.82, 2.24) is 15.5 Å². The highest BCUT2D eigenvalue weighted by Crippen LogP contribution is 2.34. The fourth-order valence-electron chi connectivity index (χ4n) is 1.89. The third-order valence-corrected chi connectivity index (χ3v) is 4.29. The van der Waals surface area contributed by atoms with Crippen LogP contribution in [0.2, 0.25) is 0 Å². The molecule has 1 atom stereocenters. The topological polar surface area (TPSA) is 40.7 Å². The normalized spacial score (nSPS) is 25.3. The standard InChI is InChI=1S/C11H19N3S/c1-11(2)3-4-15-8-10(11)12-5-9-6-13-14-7-9/h6-7,10,12H,3-5,8H2,1-2H3,(H,13,14). The predicted molar refractivity (Wildman–Crippen MR) is 64.9 cm³/mol. The minimum atomic E-state index is 0.426. The molecule has 0 aliphatic carbocycles. The number of hydrogen-bond donors (Lipinski definition) is 2. The monoisotopic (exact) mass is 225 g/mol. The Morgan fingerprint density at radius 3 is 3.20 bits per heavy atom. The van der Waals surface area contributed by atoms with E-state index in [9.17, 15) is 0 Å². The Kier molecular flexibility index (Phi) is 3.36. The van der Waals surface area contributed by atoms with E-state index in [2.05, 4.69) is 41.1 Å². The smallest absolute Gasteiger partial charge is 0.0532 e. The predicted octanol–water partition coefficient (Wildman–Crippen LogP) is 2.03. The van der Waals surface area contributed by atoms with Gasteiger partial charge in [0, 0.05) is 30.1 Å². The van der Waals surface area contributed by atoms with Gasteiger partial charge in [0.2, 0.25) is 0 Å². The van der Waals surface area contributed by atoms with Crippen LogP contribution in [0.1, 0.15) is 25.8 Å². The molecule has 1 fully saturated rings. The van der Waals surface area contributed by atoms with Crippen molar-refractivity contribution in [1.29, 1.82) is 0 Å². The summed E-state index contributed by atoms with van der Waals surface area (Å²) in [5, 5.41) is 10.4. The number of H-pyrrole nitrogens is 1. The van der Waals surface area contributed by atoms with Crippen LogP contribution in [-0.2, 0) is 6.54 Å². The lowest BCUT2D eigenvalue weighted by Crippen LogP contribution is -2.46. The van der Waals surface area contributed by atoms with Gasteiger partial charge in [-0.15, -0.1) is 0 Å². The number of rotatable bonds is 3. The summed E-state index contributed by atoms with van der Waals surface area (Å²) in [6.07, 6.45) is 5.15. The van der Waals surface area contributed by atoms with Gasteiger partial charge >= 0.3 is 0 Å². The maximum atomic E-state index is 3.95. The number of nitrogens with one attached hydrogen (secondary N) is 2. The Labute approximate surface area is 95.4 Å². The van der Waals surface area contributed by atoms with Gasteiger partial charge in [-0.1, -0.05) is 13.8 Å². The van der Waals surface area contributed by atoms with Gasteiger partial charge in [0.05, 0.1) is 6.20 Å². The van der Waals surface area contributed by atoms with E-state index >= 15 is 0 Å². The summed E-state index contributed by atoms with van der Waals surface area (Å²) in [5.74, 6) is 2.53. The number of aromatic nitrogens is 2. The third kappa shape index (κ3) is 2.75. The van der Waals surface area contributed by atoms with Gasteiger partial charge in [0.15, 0.2) is 0 Å². The second-order valence-electron chi connectivity index (χ2n) is 4.85. The van der Waals surface area contributed by atoms with E-state index in [1.165, 1.54) is 23.5 Å². The highest BCUT2D eigenvalue weighted by atomic mass is 32.2. The molecular formula is C11H19N3S. The Morgan fingerprint density at radius 1 is 1.67 bits per heavy atom. The third-order valence-electron chi connectivity index (χ3n) is 3.23. The van der Waals surface area contributed by atoms with E-state index in [-0.39, 0.29) is 0 Å². The van der Waals surface area contributed by atoms with Crippen molar-refractivity contribution >= 4 is 11.8 Å². The second-order valence-corrected chi connectivity index (χ2v) is 6.00. The van der Waals surface area contributed by atoms with E-state index in [1.54, 1.807) is 0 Å². The van der Waals surface area contributed by atoms with Crippen LogP contribution in [0.25, 0.3) is 0 Å². The average Bonchev–Trinajstić information content (AvgIpc) is 2.68. The molecule has 0 amide bonds. The van der Waals surface area contributed by atoms with Crippen LogP contribution in [-0.4, -0.2) is 27.7 Å². The lowest BCUT2D eigenvalue weighted by atomic mass is 9.82. The zero-order chi connectivity index (χ0) is 10.7. The summed E-state index contributed by atoms with van der Waals surface area (Å²) in [6, 6.07) is 0.617. The van der Waals surface area contributed by atoms with Gasteiger partial charge in [0.25, 0.3) is 0 Å². The van der Waals surface area contributed by atoms with E-state index in [1.807, 2.05) is 12.4 Å². The van der Waals surface area contributed by atoms with Crippen molar-refractivity contribution in [3.8, 4) is 0 Å². The van der Waals surface area contributed by atoms with Crippen molar-refractivity contribution < 1.29 is 0 Å². The number of nitrogens with zero attached hydrogens (tertiary/aromatic N) is 1. The van der Waals surface area contributed by atoms with Crippen molar-refractivity contribution in [3.63, 3.8) is 0 Å². The minimum Gasteiger partial charge on any atom is -0.308 e. The van der Waals surface area contributed by atoms with E-state index < -0.39 is 0 Å². The van der Waals surface area contributed by atoms with Gasteiger partial charge in [-0.3, -0.25) is 5.10 Å². The van der Waals surface area contributed by atoms with E-state index in [0.717, 1.165) is 6.54 Å². The van der Waals surface area contributed by atoms with Gasteiger partial charge in [-0.25, -0.2) is 0 Å². The van der Waals surface area contributed by atoms with E-state index in [0.29, 0.717) is 11.5 Å². The first-order valence-corrected chi connectivity index (χ1v) is 6.63. The summed E-state index contributed by atoms with van der Waals surface area (Å²) in [4.78, 5) is 0. The first-order chi connectivity index (χ1) is 7.18. The fraction of sp³-hybridized carbons (Fsp3) is 0.727. The first-order valence-electron chi connectivity index (χ1n) is 5.47. The lowest BCUT2D eigenvalue weighted by molar-refractivity contribution is 0.245. The summed E-state index contributed by atoms with van der Waals surface area (Å²) in [7, 11) is 0. The molecule has 2 heterocycles. The average molecular weight is 225 g/mol. The van der Waals surface area contributed by atoms with Crippen LogP contribution in [0.4, 0.5) is 0 Å². The van der Waals surface area contributed by atoms with Crippen molar-refractivity contribution in [3.05, 3.63) is 18.0 Å². The molecule has 0 aromatic carbocycles. The molecule has 3 nitrogen and oxygen atoms in total. The second kappa shape index (κ2) is 4.58. The summed E-state index contributed by atoms with van der Waals surface area (Å²) in [6.45, 7) is 5.64. The molecule has 1 saturated heterocycles. The van der Waals surface area contributed by atoms with Crippen LogP contribution in [0.5, 0.6) is 0 Å². The SMILES string of the molecule is CC1(C)CCSCC1NCc1cn[nH]c1. The van der Waals surface area contributed by atoms with Crippen LogP contribution >= 0.6 is 11.8 Å². The van der Waals surface area contributed by atoms with Gasteiger partial charge in [-0.2, -0.15) is 16.9 Å². The van der Waals surface area contributed by atoms with Crippen LogP contribution in [0, 0.1) is 5.41 Å². The Morgan fingerprint density at radius 2 is 2.53 bits per heavy atom. The highest BCUT2D eigenvalue weighted by molar-refractivity contribution is 7.99. The minimum absolute atomic E-state index is 0.426. The molecule has 84 valence electrons. The Hall–Kier alpha value is -0.480. The first kappa shape index (κ1) is 11.0. The Bertz CT molecular complexity index is 295. The molecule has 0 saturated carbocycles. The molecule has 1 unspecified atom stereocenters. The van der Waals surface area contributed by atoms with Gasteiger partial charge in [0.1, 0.15) is 0 Å².